The van der Waals surface area contributed by atoms with E-state index in [-0.39, 0.29) is 12.5 Å². The first-order chi connectivity index (χ1) is 9.94. The van der Waals surface area contributed by atoms with Crippen LogP contribution in [-0.4, -0.2) is 24.4 Å². The number of halogens is 1. The molecule has 1 rings (SSSR count). The molecule has 0 fully saturated rings. The van der Waals surface area contributed by atoms with Crippen molar-refractivity contribution in [1.82, 2.24) is 0 Å². The summed E-state index contributed by atoms with van der Waals surface area (Å²) in [5.74, 6) is 1.45. The summed E-state index contributed by atoms with van der Waals surface area (Å²) in [6.45, 7) is 9.25. The number of rotatable bonds is 8. The molecule has 0 radical (unpaired) electrons. The average molecular weight is 314 g/mol. The second-order valence-corrected chi connectivity index (χ2v) is 6.17. The Labute approximate surface area is 133 Å². The Hall–Kier alpha value is -0.770. The van der Waals surface area contributed by atoms with Crippen LogP contribution in [0.25, 0.3) is 0 Å². The minimum atomic E-state index is -0.495. The van der Waals surface area contributed by atoms with E-state index in [1.165, 1.54) is 0 Å². The van der Waals surface area contributed by atoms with Crippen LogP contribution in [0, 0.1) is 0 Å². The number of ether oxygens (including phenoxy) is 1. The zero-order valence-electron chi connectivity index (χ0n) is 13.5. The third kappa shape index (κ3) is 4.87. The van der Waals surface area contributed by atoms with Gasteiger partial charge in [0.15, 0.2) is 0 Å². The molecule has 0 aliphatic carbocycles. The molecule has 2 atom stereocenters. The minimum absolute atomic E-state index is 0.196. The zero-order valence-corrected chi connectivity index (χ0v) is 14.3. The lowest BCUT2D eigenvalue weighted by Gasteiger charge is -2.24. The van der Waals surface area contributed by atoms with Crippen molar-refractivity contribution < 1.29 is 9.84 Å². The number of aliphatic hydroxyl groups excluding tert-OH is 1. The van der Waals surface area contributed by atoms with Crippen LogP contribution >= 0.6 is 11.6 Å². The molecular formula is C17H28ClNO2. The maximum Gasteiger partial charge on any atom is 0.126 e. The predicted octanol–water partition coefficient (Wildman–Crippen LogP) is 4.07. The van der Waals surface area contributed by atoms with Crippen molar-refractivity contribution in [1.29, 1.82) is 0 Å². The summed E-state index contributed by atoms with van der Waals surface area (Å²) >= 11 is 6.29. The fourth-order valence-corrected chi connectivity index (χ4v) is 2.85. The van der Waals surface area contributed by atoms with Gasteiger partial charge in [-0.15, -0.1) is 0 Å². The van der Waals surface area contributed by atoms with Gasteiger partial charge in [-0.25, -0.2) is 0 Å². The smallest absolute Gasteiger partial charge is 0.126 e. The molecule has 0 amide bonds. The third-order valence-electron chi connectivity index (χ3n) is 3.78. The van der Waals surface area contributed by atoms with E-state index in [1.807, 2.05) is 19.1 Å². The number of aliphatic hydroxyl groups is 1. The fraction of sp³-hybridized carbons (Fsp3) is 0.647. The first-order valence-corrected chi connectivity index (χ1v) is 8.16. The summed E-state index contributed by atoms with van der Waals surface area (Å²) in [5.41, 5.74) is 7.76. The van der Waals surface area contributed by atoms with Gasteiger partial charge in [-0.2, -0.15) is 0 Å². The number of hydrogen-bond acceptors (Lipinski definition) is 3. The van der Waals surface area contributed by atoms with Crippen LogP contribution in [0.15, 0.2) is 12.1 Å². The molecule has 0 aliphatic heterocycles. The van der Waals surface area contributed by atoms with Gasteiger partial charge in [0.1, 0.15) is 5.75 Å². The Morgan fingerprint density at radius 3 is 2.33 bits per heavy atom. The van der Waals surface area contributed by atoms with E-state index >= 15 is 0 Å². The highest BCUT2D eigenvalue weighted by atomic mass is 35.5. The van der Waals surface area contributed by atoms with Crippen molar-refractivity contribution in [3.05, 3.63) is 28.3 Å². The lowest BCUT2D eigenvalue weighted by molar-refractivity contribution is 0.161. The molecule has 120 valence electrons. The van der Waals surface area contributed by atoms with E-state index in [9.17, 15) is 5.11 Å². The number of benzene rings is 1. The molecule has 0 aromatic heterocycles. The fourth-order valence-electron chi connectivity index (χ4n) is 2.62. The molecule has 0 saturated heterocycles. The van der Waals surface area contributed by atoms with Crippen LogP contribution in [0.3, 0.4) is 0 Å². The monoisotopic (exact) mass is 313 g/mol. The summed E-state index contributed by atoms with van der Waals surface area (Å²) in [5, 5.41) is 10.6. The molecule has 0 heterocycles. The van der Waals surface area contributed by atoms with Crippen LogP contribution < -0.4 is 10.5 Å². The summed E-state index contributed by atoms with van der Waals surface area (Å²) in [6.07, 6.45) is 1.05. The molecule has 0 saturated carbocycles. The van der Waals surface area contributed by atoms with Gasteiger partial charge in [0.2, 0.25) is 0 Å². The molecule has 21 heavy (non-hydrogen) atoms. The van der Waals surface area contributed by atoms with Gasteiger partial charge in [-0.3, -0.25) is 0 Å². The van der Waals surface area contributed by atoms with Crippen molar-refractivity contribution in [3.63, 3.8) is 0 Å². The Balaban J connectivity index is 3.29. The summed E-state index contributed by atoms with van der Waals surface area (Å²) in [4.78, 5) is 0. The molecule has 3 N–H and O–H groups in total. The van der Waals surface area contributed by atoms with Crippen LogP contribution in [0.5, 0.6) is 5.75 Å². The molecule has 0 bridgehead atoms. The van der Waals surface area contributed by atoms with Crippen molar-refractivity contribution in [2.45, 2.75) is 58.5 Å². The predicted molar refractivity (Wildman–Crippen MR) is 89.4 cm³/mol. The van der Waals surface area contributed by atoms with Gasteiger partial charge in [-0.1, -0.05) is 32.4 Å². The molecule has 0 spiro atoms. The molecule has 3 nitrogen and oxygen atoms in total. The number of nitrogens with two attached hydrogens (primary N) is 1. The third-order valence-corrected chi connectivity index (χ3v) is 4.00. The maximum absolute atomic E-state index is 9.89. The quantitative estimate of drug-likeness (QED) is 0.760. The second kappa shape index (κ2) is 8.62. The standard InChI is InChI=1S/C17H28ClNO2/c1-5-12(7-14(20)10-19)16-9-13(18)8-15(11(3)4)17(16)21-6-2/h8-9,11-12,14,20H,5-7,10,19H2,1-4H3. The van der Waals surface area contributed by atoms with Crippen molar-refractivity contribution in [2.24, 2.45) is 5.73 Å². The van der Waals surface area contributed by atoms with E-state index in [0.717, 1.165) is 28.3 Å². The van der Waals surface area contributed by atoms with Crippen molar-refractivity contribution in [3.8, 4) is 5.75 Å². The Morgan fingerprint density at radius 1 is 1.24 bits per heavy atom. The van der Waals surface area contributed by atoms with Gasteiger partial charge in [0, 0.05) is 11.6 Å². The van der Waals surface area contributed by atoms with Crippen molar-refractivity contribution in [2.75, 3.05) is 13.2 Å². The highest BCUT2D eigenvalue weighted by molar-refractivity contribution is 6.30. The maximum atomic E-state index is 9.89. The summed E-state index contributed by atoms with van der Waals surface area (Å²) in [6, 6.07) is 3.95. The first-order valence-electron chi connectivity index (χ1n) is 7.78. The van der Waals surface area contributed by atoms with E-state index in [2.05, 4.69) is 20.8 Å². The zero-order chi connectivity index (χ0) is 16.0. The Morgan fingerprint density at radius 2 is 1.86 bits per heavy atom. The molecule has 2 unspecified atom stereocenters. The Kier molecular flexibility index (Phi) is 7.50. The number of hydrogen-bond donors (Lipinski definition) is 2. The first kappa shape index (κ1) is 18.3. The normalized spacial score (nSPS) is 14.3. The van der Waals surface area contributed by atoms with E-state index < -0.39 is 6.10 Å². The van der Waals surface area contributed by atoms with Gasteiger partial charge in [0.05, 0.1) is 12.7 Å². The van der Waals surface area contributed by atoms with E-state index in [1.54, 1.807) is 0 Å². The second-order valence-electron chi connectivity index (χ2n) is 5.73. The molecule has 0 aliphatic rings. The summed E-state index contributed by atoms with van der Waals surface area (Å²) in [7, 11) is 0. The SMILES string of the molecule is CCOc1c(C(C)C)cc(Cl)cc1C(CC)CC(O)CN. The molecule has 1 aromatic rings. The van der Waals surface area contributed by atoms with Gasteiger partial charge in [-0.05, 0) is 54.9 Å². The van der Waals surface area contributed by atoms with Crippen LogP contribution in [-0.2, 0) is 0 Å². The lowest BCUT2D eigenvalue weighted by atomic mass is 9.87. The van der Waals surface area contributed by atoms with Gasteiger partial charge < -0.3 is 15.6 Å². The van der Waals surface area contributed by atoms with Gasteiger partial charge >= 0.3 is 0 Å². The van der Waals surface area contributed by atoms with Crippen LogP contribution in [0.4, 0.5) is 0 Å². The summed E-state index contributed by atoms with van der Waals surface area (Å²) < 4.78 is 5.91. The van der Waals surface area contributed by atoms with E-state index in [0.29, 0.717) is 18.9 Å². The van der Waals surface area contributed by atoms with E-state index in [4.69, 9.17) is 22.1 Å². The molecular weight excluding hydrogens is 286 g/mol. The Bertz CT molecular complexity index is 449. The highest BCUT2D eigenvalue weighted by Gasteiger charge is 2.22. The highest BCUT2D eigenvalue weighted by Crippen LogP contribution is 2.40. The van der Waals surface area contributed by atoms with Crippen LogP contribution in [0.1, 0.15) is 63.5 Å². The average Bonchev–Trinajstić information content (AvgIpc) is 2.45. The lowest BCUT2D eigenvalue weighted by Crippen LogP contribution is -2.22. The van der Waals surface area contributed by atoms with Gasteiger partial charge in [0.25, 0.3) is 0 Å². The minimum Gasteiger partial charge on any atom is -0.493 e. The van der Waals surface area contributed by atoms with Crippen LogP contribution in [0.2, 0.25) is 5.02 Å². The topological polar surface area (TPSA) is 55.5 Å². The molecule has 4 heteroatoms. The molecule has 1 aromatic carbocycles. The largest absolute Gasteiger partial charge is 0.493 e. The van der Waals surface area contributed by atoms with Crippen molar-refractivity contribution >= 4 is 11.6 Å².